The molecule has 2 atom stereocenters. The Hall–Kier alpha value is -2.54. The SMILES string of the molecule is CN=C(NCC(c1cnn(C)c1)N(C)C)NC(C)c1cccc(N2CCCC2)c1. The van der Waals surface area contributed by atoms with Crippen LogP contribution in [0.5, 0.6) is 0 Å². The van der Waals surface area contributed by atoms with E-state index in [9.17, 15) is 0 Å². The summed E-state index contributed by atoms with van der Waals surface area (Å²) in [7, 11) is 7.93. The molecule has 2 unspecified atom stereocenters. The molecule has 7 heteroatoms. The van der Waals surface area contributed by atoms with Gasteiger partial charge in [0.15, 0.2) is 5.96 Å². The Bertz CT molecular complexity index is 805. The van der Waals surface area contributed by atoms with Crippen LogP contribution < -0.4 is 15.5 Å². The molecule has 0 spiro atoms. The fourth-order valence-electron chi connectivity index (χ4n) is 3.85. The van der Waals surface area contributed by atoms with E-state index in [1.54, 1.807) is 0 Å². The van der Waals surface area contributed by atoms with Crippen LogP contribution in [0.4, 0.5) is 5.69 Å². The second-order valence-corrected chi connectivity index (χ2v) is 8.04. The summed E-state index contributed by atoms with van der Waals surface area (Å²) < 4.78 is 1.84. The molecule has 0 radical (unpaired) electrons. The third-order valence-electron chi connectivity index (χ3n) is 5.61. The smallest absolute Gasteiger partial charge is 0.191 e. The zero-order valence-electron chi connectivity index (χ0n) is 18.4. The maximum atomic E-state index is 4.43. The molecule has 3 rings (SSSR count). The number of guanidine groups is 1. The molecule has 1 aromatic heterocycles. The maximum absolute atomic E-state index is 4.43. The number of nitrogens with one attached hydrogen (secondary N) is 2. The first-order chi connectivity index (χ1) is 14.0. The van der Waals surface area contributed by atoms with Crippen molar-refractivity contribution < 1.29 is 0 Å². The summed E-state index contributed by atoms with van der Waals surface area (Å²) in [6.45, 7) is 5.25. The van der Waals surface area contributed by atoms with Crippen molar-refractivity contribution in [3.63, 3.8) is 0 Å². The second-order valence-electron chi connectivity index (χ2n) is 8.04. The number of benzene rings is 1. The second kappa shape index (κ2) is 9.78. The molecule has 2 N–H and O–H groups in total. The fraction of sp³-hybridized carbons (Fsp3) is 0.545. The van der Waals surface area contributed by atoms with Crippen LogP contribution in [0.15, 0.2) is 41.7 Å². The normalized spacial score (nSPS) is 16.9. The van der Waals surface area contributed by atoms with Gasteiger partial charge in [-0.05, 0) is 51.6 Å². The summed E-state index contributed by atoms with van der Waals surface area (Å²) in [4.78, 5) is 9.09. The molecule has 7 nitrogen and oxygen atoms in total. The molecular formula is C22H35N7. The summed E-state index contributed by atoms with van der Waals surface area (Å²) in [5, 5.41) is 11.3. The van der Waals surface area contributed by atoms with Crippen molar-refractivity contribution >= 4 is 11.6 Å². The van der Waals surface area contributed by atoms with Crippen LogP contribution in [0, 0.1) is 0 Å². The molecular weight excluding hydrogens is 362 g/mol. The minimum Gasteiger partial charge on any atom is -0.372 e. The Morgan fingerprint density at radius 2 is 2.00 bits per heavy atom. The Labute approximate surface area is 174 Å². The van der Waals surface area contributed by atoms with Gasteiger partial charge in [0.05, 0.1) is 18.3 Å². The summed E-state index contributed by atoms with van der Waals surface area (Å²) in [6.07, 6.45) is 6.57. The van der Waals surface area contributed by atoms with Gasteiger partial charge in [0, 0.05) is 51.2 Å². The largest absolute Gasteiger partial charge is 0.372 e. The third kappa shape index (κ3) is 5.50. The Kier molecular flexibility index (Phi) is 7.14. The Morgan fingerprint density at radius 3 is 2.62 bits per heavy atom. The van der Waals surface area contributed by atoms with E-state index in [0.717, 1.165) is 25.6 Å². The summed E-state index contributed by atoms with van der Waals surface area (Å²) >= 11 is 0. The van der Waals surface area contributed by atoms with Crippen LogP contribution >= 0.6 is 0 Å². The van der Waals surface area contributed by atoms with E-state index < -0.39 is 0 Å². The van der Waals surface area contributed by atoms with E-state index in [-0.39, 0.29) is 12.1 Å². The topological polar surface area (TPSA) is 60.7 Å². The van der Waals surface area contributed by atoms with E-state index in [2.05, 4.69) is 82.0 Å². The van der Waals surface area contributed by atoms with E-state index in [4.69, 9.17) is 0 Å². The average molecular weight is 398 g/mol. The van der Waals surface area contributed by atoms with Gasteiger partial charge in [-0.2, -0.15) is 5.10 Å². The molecule has 158 valence electrons. The number of aryl methyl sites for hydroxylation is 1. The molecule has 1 aliphatic rings. The van der Waals surface area contributed by atoms with Gasteiger partial charge < -0.3 is 20.4 Å². The molecule has 1 aromatic carbocycles. The zero-order valence-corrected chi connectivity index (χ0v) is 18.4. The van der Waals surface area contributed by atoms with Crippen LogP contribution in [0.3, 0.4) is 0 Å². The predicted octanol–water partition coefficient (Wildman–Crippen LogP) is 2.55. The van der Waals surface area contributed by atoms with E-state index in [1.807, 2.05) is 25.0 Å². The van der Waals surface area contributed by atoms with E-state index in [0.29, 0.717) is 0 Å². The highest BCUT2D eigenvalue weighted by Crippen LogP contribution is 2.24. The molecule has 1 saturated heterocycles. The minimum absolute atomic E-state index is 0.167. The number of hydrogen-bond acceptors (Lipinski definition) is 4. The first-order valence-corrected chi connectivity index (χ1v) is 10.4. The van der Waals surface area contributed by atoms with E-state index >= 15 is 0 Å². The zero-order chi connectivity index (χ0) is 20.8. The fourth-order valence-corrected chi connectivity index (χ4v) is 3.85. The molecule has 1 fully saturated rings. The number of nitrogens with zero attached hydrogens (tertiary/aromatic N) is 5. The Balaban J connectivity index is 1.61. The summed E-state index contributed by atoms with van der Waals surface area (Å²) in [6, 6.07) is 9.24. The highest BCUT2D eigenvalue weighted by atomic mass is 15.3. The molecule has 0 aliphatic carbocycles. The van der Waals surface area contributed by atoms with Crippen molar-refractivity contribution in [2.45, 2.75) is 31.8 Å². The average Bonchev–Trinajstić information content (AvgIpc) is 3.39. The van der Waals surface area contributed by atoms with Gasteiger partial charge in [0.2, 0.25) is 0 Å². The van der Waals surface area contributed by atoms with E-state index in [1.165, 1.54) is 29.7 Å². The highest BCUT2D eigenvalue weighted by molar-refractivity contribution is 5.80. The quantitative estimate of drug-likeness (QED) is 0.555. The summed E-state index contributed by atoms with van der Waals surface area (Å²) in [5.41, 5.74) is 3.78. The first kappa shape index (κ1) is 21.2. The predicted molar refractivity (Wildman–Crippen MR) is 120 cm³/mol. The van der Waals surface area contributed by atoms with Crippen molar-refractivity contribution in [3.8, 4) is 0 Å². The molecule has 2 aromatic rings. The van der Waals surface area contributed by atoms with Gasteiger partial charge in [-0.15, -0.1) is 0 Å². The van der Waals surface area contributed by atoms with Crippen molar-refractivity contribution in [2.24, 2.45) is 12.0 Å². The highest BCUT2D eigenvalue weighted by Gasteiger charge is 2.18. The number of anilines is 1. The lowest BCUT2D eigenvalue weighted by Gasteiger charge is -2.26. The number of rotatable bonds is 7. The number of aliphatic imine (C=N–C) groups is 1. The first-order valence-electron chi connectivity index (χ1n) is 10.4. The number of aromatic nitrogens is 2. The van der Waals surface area contributed by atoms with Gasteiger partial charge in [-0.25, -0.2) is 0 Å². The van der Waals surface area contributed by atoms with Gasteiger partial charge >= 0.3 is 0 Å². The minimum atomic E-state index is 0.167. The standard InChI is InChI=1S/C22H35N7/c1-17(18-9-8-10-20(13-18)29-11-6-7-12-29)26-22(23-2)24-15-21(27(3)4)19-14-25-28(5)16-19/h8-10,13-14,16-17,21H,6-7,11-12,15H2,1-5H3,(H2,23,24,26). The van der Waals surface area contributed by atoms with Crippen molar-refractivity contribution in [1.82, 2.24) is 25.3 Å². The molecule has 2 heterocycles. The molecule has 1 aliphatic heterocycles. The van der Waals surface area contributed by atoms with Crippen LogP contribution in [0.2, 0.25) is 0 Å². The molecule has 0 saturated carbocycles. The van der Waals surface area contributed by atoms with Gasteiger partial charge in [-0.1, -0.05) is 12.1 Å². The lowest BCUT2D eigenvalue weighted by Crippen LogP contribution is -2.42. The number of hydrogen-bond donors (Lipinski definition) is 2. The van der Waals surface area contributed by atoms with Crippen LogP contribution in [0.1, 0.15) is 43.0 Å². The van der Waals surface area contributed by atoms with Crippen LogP contribution in [0.25, 0.3) is 0 Å². The monoisotopic (exact) mass is 397 g/mol. The summed E-state index contributed by atoms with van der Waals surface area (Å²) in [5.74, 6) is 0.805. The molecule has 29 heavy (non-hydrogen) atoms. The van der Waals surface area contributed by atoms with Crippen molar-refractivity contribution in [3.05, 3.63) is 47.8 Å². The maximum Gasteiger partial charge on any atom is 0.191 e. The van der Waals surface area contributed by atoms with Crippen molar-refractivity contribution in [2.75, 3.05) is 45.7 Å². The molecule has 0 amide bonds. The van der Waals surface area contributed by atoms with Crippen molar-refractivity contribution in [1.29, 1.82) is 0 Å². The Morgan fingerprint density at radius 1 is 1.24 bits per heavy atom. The van der Waals surface area contributed by atoms with Crippen LogP contribution in [-0.4, -0.2) is 61.4 Å². The molecule has 0 bridgehead atoms. The number of likely N-dealkylation sites (N-methyl/N-ethyl adjacent to an activating group) is 1. The lowest BCUT2D eigenvalue weighted by molar-refractivity contribution is 0.298. The van der Waals surface area contributed by atoms with Gasteiger partial charge in [0.25, 0.3) is 0 Å². The van der Waals surface area contributed by atoms with Gasteiger partial charge in [-0.3, -0.25) is 9.67 Å². The lowest BCUT2D eigenvalue weighted by atomic mass is 10.1. The van der Waals surface area contributed by atoms with Gasteiger partial charge in [0.1, 0.15) is 0 Å². The van der Waals surface area contributed by atoms with Crippen LogP contribution in [-0.2, 0) is 7.05 Å². The third-order valence-corrected chi connectivity index (χ3v) is 5.61.